The Labute approximate surface area is 87.2 Å². The van der Waals surface area contributed by atoms with Crippen LogP contribution in [0.4, 0.5) is 0 Å². The van der Waals surface area contributed by atoms with Crippen molar-refractivity contribution in [3.05, 3.63) is 59.5 Å². The number of rotatable bonds is 2. The predicted molar refractivity (Wildman–Crippen MR) is 53.9 cm³/mol. The lowest BCUT2D eigenvalue weighted by Crippen LogP contribution is -1.97. The van der Waals surface area contributed by atoms with E-state index in [0.29, 0.717) is 11.1 Å². The lowest BCUT2D eigenvalue weighted by atomic mass is 10.0. The van der Waals surface area contributed by atoms with Crippen molar-refractivity contribution in [2.75, 3.05) is 0 Å². The summed E-state index contributed by atoms with van der Waals surface area (Å²) >= 11 is 0. The smallest absolute Gasteiger partial charge is 0.107 e. The van der Waals surface area contributed by atoms with Crippen molar-refractivity contribution in [2.45, 2.75) is 6.10 Å². The quantitative estimate of drug-likeness (QED) is 0.806. The monoisotopic (exact) mass is 199 g/mol. The van der Waals surface area contributed by atoms with E-state index < -0.39 is 6.10 Å². The van der Waals surface area contributed by atoms with Crippen molar-refractivity contribution >= 4 is 0 Å². The average molecular weight is 199 g/mol. The SMILES string of the molecule is N#Cc1ccc(C(O)c2ccoc2)cc1. The van der Waals surface area contributed by atoms with E-state index in [9.17, 15) is 5.11 Å². The van der Waals surface area contributed by atoms with E-state index in [4.69, 9.17) is 9.68 Å². The second-order valence-electron chi connectivity index (χ2n) is 3.19. The van der Waals surface area contributed by atoms with Gasteiger partial charge in [-0.2, -0.15) is 5.26 Å². The fraction of sp³-hybridized carbons (Fsp3) is 0.0833. The molecule has 1 aromatic carbocycles. The van der Waals surface area contributed by atoms with E-state index in [2.05, 4.69) is 0 Å². The second kappa shape index (κ2) is 3.99. The summed E-state index contributed by atoms with van der Waals surface area (Å²) in [5, 5.41) is 18.5. The molecular weight excluding hydrogens is 190 g/mol. The third-order valence-electron chi connectivity index (χ3n) is 2.21. The Hall–Kier alpha value is -2.05. The van der Waals surface area contributed by atoms with E-state index in [1.807, 2.05) is 6.07 Å². The number of nitriles is 1. The Balaban J connectivity index is 2.27. The maximum absolute atomic E-state index is 9.90. The summed E-state index contributed by atoms with van der Waals surface area (Å²) in [6.07, 6.45) is 2.32. The Morgan fingerprint density at radius 3 is 2.40 bits per heavy atom. The van der Waals surface area contributed by atoms with Gasteiger partial charge in [-0.3, -0.25) is 0 Å². The van der Waals surface area contributed by atoms with Crippen molar-refractivity contribution in [1.82, 2.24) is 0 Å². The molecule has 0 fully saturated rings. The summed E-state index contributed by atoms with van der Waals surface area (Å²) < 4.78 is 4.89. The van der Waals surface area contributed by atoms with Gasteiger partial charge in [0.05, 0.1) is 24.2 Å². The van der Waals surface area contributed by atoms with Crippen LogP contribution in [0.5, 0.6) is 0 Å². The predicted octanol–water partition coefficient (Wildman–Crippen LogP) is 2.23. The van der Waals surface area contributed by atoms with Crippen molar-refractivity contribution in [3.8, 4) is 6.07 Å². The zero-order valence-electron chi connectivity index (χ0n) is 7.92. The molecule has 0 saturated heterocycles. The standard InChI is InChI=1S/C12H9NO2/c13-7-9-1-3-10(4-2-9)12(14)11-5-6-15-8-11/h1-6,8,12,14H. The number of benzene rings is 1. The van der Waals surface area contributed by atoms with Crippen LogP contribution in [0.25, 0.3) is 0 Å². The topological polar surface area (TPSA) is 57.2 Å². The summed E-state index contributed by atoms with van der Waals surface area (Å²) in [7, 11) is 0. The Bertz CT molecular complexity index is 465. The van der Waals surface area contributed by atoms with E-state index in [1.165, 1.54) is 12.5 Å². The van der Waals surface area contributed by atoms with Crippen molar-refractivity contribution in [1.29, 1.82) is 5.26 Å². The lowest BCUT2D eigenvalue weighted by Gasteiger charge is -2.07. The summed E-state index contributed by atoms with van der Waals surface area (Å²) in [4.78, 5) is 0. The van der Waals surface area contributed by atoms with Gasteiger partial charge < -0.3 is 9.52 Å². The third-order valence-corrected chi connectivity index (χ3v) is 2.21. The van der Waals surface area contributed by atoms with Crippen LogP contribution in [0.1, 0.15) is 22.8 Å². The summed E-state index contributed by atoms with van der Waals surface area (Å²) in [5.74, 6) is 0. The molecule has 1 unspecified atom stereocenters. The second-order valence-corrected chi connectivity index (χ2v) is 3.19. The molecule has 2 rings (SSSR count). The van der Waals surface area contributed by atoms with Crippen LogP contribution in [0.15, 0.2) is 47.3 Å². The minimum absolute atomic E-state index is 0.582. The molecule has 0 aliphatic rings. The molecule has 0 radical (unpaired) electrons. The molecule has 0 amide bonds. The highest BCUT2D eigenvalue weighted by Crippen LogP contribution is 2.22. The Morgan fingerprint density at radius 2 is 1.87 bits per heavy atom. The third kappa shape index (κ3) is 1.90. The van der Waals surface area contributed by atoms with Crippen LogP contribution in [-0.2, 0) is 0 Å². The largest absolute Gasteiger partial charge is 0.472 e. The Kier molecular flexibility index (Phi) is 2.53. The zero-order chi connectivity index (χ0) is 10.7. The molecule has 3 heteroatoms. The van der Waals surface area contributed by atoms with Crippen LogP contribution in [-0.4, -0.2) is 5.11 Å². The van der Waals surface area contributed by atoms with Crippen molar-refractivity contribution < 1.29 is 9.52 Å². The van der Waals surface area contributed by atoms with Gasteiger partial charge in [0, 0.05) is 5.56 Å². The fourth-order valence-electron chi connectivity index (χ4n) is 1.36. The molecule has 15 heavy (non-hydrogen) atoms. The molecule has 0 saturated carbocycles. The summed E-state index contributed by atoms with van der Waals surface area (Å²) in [6.45, 7) is 0. The highest BCUT2D eigenvalue weighted by atomic mass is 16.3. The number of aliphatic hydroxyl groups excluding tert-OH is 1. The number of furan rings is 1. The van der Waals surface area contributed by atoms with Crippen LogP contribution >= 0.6 is 0 Å². The van der Waals surface area contributed by atoms with Gasteiger partial charge in [0.2, 0.25) is 0 Å². The van der Waals surface area contributed by atoms with Gasteiger partial charge >= 0.3 is 0 Å². The first kappa shape index (κ1) is 9.50. The van der Waals surface area contributed by atoms with E-state index >= 15 is 0 Å². The number of nitrogens with zero attached hydrogens (tertiary/aromatic N) is 1. The van der Waals surface area contributed by atoms with E-state index in [1.54, 1.807) is 30.3 Å². The average Bonchev–Trinajstić information content (AvgIpc) is 2.82. The minimum atomic E-state index is -0.698. The molecule has 0 aliphatic carbocycles. The molecule has 2 aromatic rings. The van der Waals surface area contributed by atoms with E-state index in [-0.39, 0.29) is 0 Å². The fourth-order valence-corrected chi connectivity index (χ4v) is 1.36. The van der Waals surface area contributed by atoms with Gasteiger partial charge in [0.25, 0.3) is 0 Å². The van der Waals surface area contributed by atoms with Gasteiger partial charge in [0.1, 0.15) is 6.10 Å². The molecule has 3 nitrogen and oxygen atoms in total. The minimum Gasteiger partial charge on any atom is -0.472 e. The molecule has 1 N–H and O–H groups in total. The number of hydrogen-bond donors (Lipinski definition) is 1. The number of aliphatic hydroxyl groups is 1. The zero-order valence-corrected chi connectivity index (χ0v) is 7.92. The first-order valence-corrected chi connectivity index (χ1v) is 4.51. The maximum atomic E-state index is 9.90. The Morgan fingerprint density at radius 1 is 1.13 bits per heavy atom. The molecule has 0 spiro atoms. The van der Waals surface area contributed by atoms with Crippen molar-refractivity contribution in [3.63, 3.8) is 0 Å². The van der Waals surface area contributed by atoms with Crippen LogP contribution in [0.2, 0.25) is 0 Å². The molecular formula is C12H9NO2. The highest BCUT2D eigenvalue weighted by molar-refractivity contribution is 5.35. The molecule has 1 atom stereocenters. The normalized spacial score (nSPS) is 12.0. The molecule has 1 aromatic heterocycles. The van der Waals surface area contributed by atoms with Gasteiger partial charge in [-0.15, -0.1) is 0 Å². The molecule has 74 valence electrons. The maximum Gasteiger partial charge on any atom is 0.107 e. The first-order chi connectivity index (χ1) is 7.31. The van der Waals surface area contributed by atoms with Crippen LogP contribution in [0, 0.1) is 11.3 Å². The van der Waals surface area contributed by atoms with Gasteiger partial charge in [-0.05, 0) is 23.8 Å². The van der Waals surface area contributed by atoms with Crippen LogP contribution in [0.3, 0.4) is 0 Å². The van der Waals surface area contributed by atoms with Crippen molar-refractivity contribution in [2.24, 2.45) is 0 Å². The van der Waals surface area contributed by atoms with E-state index in [0.717, 1.165) is 5.56 Å². The van der Waals surface area contributed by atoms with Gasteiger partial charge in [-0.1, -0.05) is 12.1 Å². The summed E-state index contributed by atoms with van der Waals surface area (Å²) in [6, 6.07) is 10.6. The summed E-state index contributed by atoms with van der Waals surface area (Å²) in [5.41, 5.74) is 2.04. The van der Waals surface area contributed by atoms with Gasteiger partial charge in [-0.25, -0.2) is 0 Å². The first-order valence-electron chi connectivity index (χ1n) is 4.51. The van der Waals surface area contributed by atoms with Gasteiger partial charge in [0.15, 0.2) is 0 Å². The highest BCUT2D eigenvalue weighted by Gasteiger charge is 2.10. The molecule has 0 aliphatic heterocycles. The molecule has 1 heterocycles. The molecule has 0 bridgehead atoms. The lowest BCUT2D eigenvalue weighted by molar-refractivity contribution is 0.219. The number of hydrogen-bond acceptors (Lipinski definition) is 3. The van der Waals surface area contributed by atoms with Crippen LogP contribution < -0.4 is 0 Å².